The average Bonchev–Trinajstić information content (AvgIpc) is 2.87. The Bertz CT molecular complexity index is 1300. The lowest BCUT2D eigenvalue weighted by Gasteiger charge is -2.36. The van der Waals surface area contributed by atoms with Crippen molar-refractivity contribution in [3.8, 4) is 5.75 Å². The van der Waals surface area contributed by atoms with Crippen molar-refractivity contribution in [2.75, 3.05) is 27.2 Å². The molecule has 1 aromatic carbocycles. The van der Waals surface area contributed by atoms with Crippen LogP contribution in [0.5, 0.6) is 5.75 Å². The summed E-state index contributed by atoms with van der Waals surface area (Å²) < 4.78 is 14.4. The van der Waals surface area contributed by atoms with Crippen LogP contribution in [0.25, 0.3) is 0 Å². The second kappa shape index (κ2) is 10.0. The van der Waals surface area contributed by atoms with Crippen molar-refractivity contribution in [2.24, 2.45) is 0 Å². The van der Waals surface area contributed by atoms with Crippen molar-refractivity contribution in [3.05, 3.63) is 87.6 Å². The van der Waals surface area contributed by atoms with Crippen LogP contribution in [0.2, 0.25) is 0 Å². The van der Waals surface area contributed by atoms with E-state index in [1.807, 2.05) is 11.9 Å². The van der Waals surface area contributed by atoms with E-state index >= 15 is 0 Å². The van der Waals surface area contributed by atoms with E-state index in [2.05, 4.69) is 15.3 Å². The normalized spacial score (nSPS) is 15.3. The lowest BCUT2D eigenvalue weighted by molar-refractivity contribution is 0.0707. The maximum Gasteiger partial charge on any atom is 0.296 e. The van der Waals surface area contributed by atoms with Crippen LogP contribution < -0.4 is 10.9 Å². The first kappa shape index (κ1) is 24.0. The van der Waals surface area contributed by atoms with Gasteiger partial charge in [-0.2, -0.15) is 0 Å². The molecule has 3 heterocycles. The molecule has 2 aromatic heterocycles. The fourth-order valence-electron chi connectivity index (χ4n) is 3.92. The van der Waals surface area contributed by atoms with Crippen LogP contribution in [-0.4, -0.2) is 68.4 Å². The molecule has 182 valence electrons. The van der Waals surface area contributed by atoms with Crippen LogP contribution in [0, 0.1) is 5.82 Å². The van der Waals surface area contributed by atoms with Crippen LogP contribution in [-0.2, 0) is 13.1 Å². The van der Waals surface area contributed by atoms with E-state index in [1.54, 1.807) is 25.2 Å². The minimum absolute atomic E-state index is 0.0588. The van der Waals surface area contributed by atoms with Gasteiger partial charge in [0.2, 0.25) is 5.75 Å². The summed E-state index contributed by atoms with van der Waals surface area (Å²) in [5, 5.41) is 13.0. The number of fused-ring (bicyclic) bond motifs is 1. The largest absolute Gasteiger partial charge is 0.501 e. The van der Waals surface area contributed by atoms with Crippen molar-refractivity contribution in [3.63, 3.8) is 0 Å². The third kappa shape index (κ3) is 5.04. The van der Waals surface area contributed by atoms with Crippen molar-refractivity contribution in [1.82, 2.24) is 29.7 Å². The zero-order chi connectivity index (χ0) is 25.1. The summed E-state index contributed by atoms with van der Waals surface area (Å²) >= 11 is 0. The molecule has 2 N–H and O–H groups in total. The van der Waals surface area contributed by atoms with E-state index in [0.29, 0.717) is 12.1 Å². The van der Waals surface area contributed by atoms with Crippen molar-refractivity contribution < 1.29 is 19.1 Å². The molecule has 0 radical (unpaired) electrons. The lowest BCUT2D eigenvalue weighted by Crippen LogP contribution is -2.47. The van der Waals surface area contributed by atoms with Gasteiger partial charge in [0.25, 0.3) is 17.4 Å². The Hall–Kier alpha value is -4.12. The summed E-state index contributed by atoms with van der Waals surface area (Å²) in [5.74, 6) is -1.91. The van der Waals surface area contributed by atoms with Crippen LogP contribution in [0.4, 0.5) is 4.39 Å². The minimum atomic E-state index is -0.744. The molecule has 1 aliphatic rings. The highest BCUT2D eigenvalue weighted by Crippen LogP contribution is 2.25. The SMILES string of the molecule is CN(CC1c2nc(C(=O)NCc3ccc(F)cc3)c(O)c(=O)n2CCN1C)C(=O)c1ccccn1. The number of pyridine rings is 1. The first-order valence-corrected chi connectivity index (χ1v) is 11.0. The van der Waals surface area contributed by atoms with Gasteiger partial charge in [-0.15, -0.1) is 0 Å². The van der Waals surface area contributed by atoms with Gasteiger partial charge in [0.05, 0.1) is 6.04 Å². The predicted molar refractivity (Wildman–Crippen MR) is 124 cm³/mol. The molecule has 0 bridgehead atoms. The van der Waals surface area contributed by atoms with Crippen molar-refractivity contribution in [1.29, 1.82) is 0 Å². The van der Waals surface area contributed by atoms with Gasteiger partial charge in [0.15, 0.2) is 5.69 Å². The summed E-state index contributed by atoms with van der Waals surface area (Å²) in [6, 6.07) is 10.1. The molecule has 1 unspecified atom stereocenters. The van der Waals surface area contributed by atoms with E-state index in [9.17, 15) is 23.9 Å². The minimum Gasteiger partial charge on any atom is -0.501 e. The number of benzene rings is 1. The Balaban J connectivity index is 1.60. The van der Waals surface area contributed by atoms with Gasteiger partial charge in [-0.1, -0.05) is 18.2 Å². The van der Waals surface area contributed by atoms with E-state index in [4.69, 9.17) is 0 Å². The summed E-state index contributed by atoms with van der Waals surface area (Å²) in [4.78, 5) is 50.4. The van der Waals surface area contributed by atoms with Crippen LogP contribution >= 0.6 is 0 Å². The summed E-state index contributed by atoms with van der Waals surface area (Å²) in [5.41, 5.74) is -0.201. The Morgan fingerprint density at radius 3 is 2.63 bits per heavy atom. The number of hydrogen-bond donors (Lipinski definition) is 2. The zero-order valence-corrected chi connectivity index (χ0v) is 19.3. The Morgan fingerprint density at radius 2 is 1.94 bits per heavy atom. The molecule has 3 aromatic rings. The predicted octanol–water partition coefficient (Wildman–Crippen LogP) is 1.17. The van der Waals surface area contributed by atoms with Crippen molar-refractivity contribution in [2.45, 2.75) is 19.1 Å². The molecule has 2 amide bonds. The topological polar surface area (TPSA) is 121 Å². The molecule has 10 nitrogen and oxygen atoms in total. The van der Waals surface area contributed by atoms with E-state index in [1.165, 1.54) is 39.9 Å². The molecular weight excluding hydrogens is 455 g/mol. The van der Waals surface area contributed by atoms with E-state index in [0.717, 1.165) is 0 Å². The number of hydrogen-bond acceptors (Lipinski definition) is 7. The standard InChI is InChI=1S/C24H25FN6O4/c1-29-11-12-31-21(18(29)14-30(2)23(34)17-5-3-4-10-26-17)28-19(20(32)24(31)35)22(33)27-13-15-6-8-16(25)9-7-15/h3-10,18,32H,11-14H2,1-2H3,(H,27,33). The maximum absolute atomic E-state index is 13.1. The Labute approximate surface area is 200 Å². The van der Waals surface area contributed by atoms with Gasteiger partial charge in [-0.25, -0.2) is 9.37 Å². The number of halogens is 1. The van der Waals surface area contributed by atoms with Crippen LogP contribution in [0.1, 0.15) is 38.4 Å². The molecule has 4 rings (SSSR count). The van der Waals surface area contributed by atoms with Gasteiger partial charge in [-0.05, 0) is 36.9 Å². The van der Waals surface area contributed by atoms with Crippen LogP contribution in [0.3, 0.4) is 0 Å². The second-order valence-electron chi connectivity index (χ2n) is 8.33. The summed E-state index contributed by atoms with van der Waals surface area (Å²) in [7, 11) is 3.46. The number of nitrogens with zero attached hydrogens (tertiary/aromatic N) is 5. The molecule has 0 fully saturated rings. The van der Waals surface area contributed by atoms with Gasteiger partial charge in [0.1, 0.15) is 17.3 Å². The number of nitrogens with one attached hydrogen (secondary N) is 1. The van der Waals surface area contributed by atoms with E-state index < -0.39 is 34.8 Å². The Kier molecular flexibility index (Phi) is 6.87. The van der Waals surface area contributed by atoms with Gasteiger partial charge < -0.3 is 15.3 Å². The number of aromatic hydroxyl groups is 1. The first-order valence-electron chi connectivity index (χ1n) is 11.0. The molecular formula is C24H25FN6O4. The Morgan fingerprint density at radius 1 is 1.20 bits per heavy atom. The summed E-state index contributed by atoms with van der Waals surface area (Å²) in [6.45, 7) is 1.00. The molecule has 11 heteroatoms. The van der Waals surface area contributed by atoms with Gasteiger partial charge in [0, 0.05) is 39.4 Å². The highest BCUT2D eigenvalue weighted by molar-refractivity contribution is 5.94. The molecule has 1 aliphatic heterocycles. The quantitative estimate of drug-likeness (QED) is 0.543. The smallest absolute Gasteiger partial charge is 0.296 e. The molecule has 0 saturated heterocycles. The number of rotatable bonds is 6. The lowest BCUT2D eigenvalue weighted by atomic mass is 10.1. The fourth-order valence-corrected chi connectivity index (χ4v) is 3.92. The monoisotopic (exact) mass is 480 g/mol. The molecule has 0 spiro atoms. The number of likely N-dealkylation sites (N-methyl/N-ethyl adjacent to an activating group) is 2. The third-order valence-corrected chi connectivity index (χ3v) is 5.94. The molecule has 35 heavy (non-hydrogen) atoms. The molecule has 0 saturated carbocycles. The van der Waals surface area contributed by atoms with Crippen molar-refractivity contribution >= 4 is 11.8 Å². The molecule has 0 aliphatic carbocycles. The molecule has 1 atom stereocenters. The highest BCUT2D eigenvalue weighted by atomic mass is 19.1. The van der Waals surface area contributed by atoms with Gasteiger partial charge >= 0.3 is 0 Å². The highest BCUT2D eigenvalue weighted by Gasteiger charge is 2.33. The average molecular weight is 481 g/mol. The van der Waals surface area contributed by atoms with Crippen LogP contribution in [0.15, 0.2) is 53.5 Å². The fraction of sp³-hybridized carbons (Fsp3) is 0.292. The first-order chi connectivity index (χ1) is 16.8. The third-order valence-electron chi connectivity index (χ3n) is 5.94. The maximum atomic E-state index is 13.1. The zero-order valence-electron chi connectivity index (χ0n) is 19.3. The second-order valence-corrected chi connectivity index (χ2v) is 8.33. The number of aromatic nitrogens is 3. The summed E-state index contributed by atoms with van der Waals surface area (Å²) in [6.07, 6.45) is 1.53. The van der Waals surface area contributed by atoms with Gasteiger partial charge in [-0.3, -0.25) is 28.8 Å². The number of amides is 2. The van der Waals surface area contributed by atoms with E-state index in [-0.39, 0.29) is 37.1 Å². The number of carbonyl (C=O) groups excluding carboxylic acids is 2. The number of carbonyl (C=O) groups is 2.